The van der Waals surface area contributed by atoms with Crippen molar-refractivity contribution in [2.45, 2.75) is 23.1 Å². The summed E-state index contributed by atoms with van der Waals surface area (Å²) in [5, 5.41) is 4.86. The molecule has 8 nitrogen and oxygen atoms in total. The fraction of sp³-hybridized carbons (Fsp3) is 0.250. The van der Waals surface area contributed by atoms with Crippen molar-refractivity contribution < 1.29 is 28.6 Å². The standard InChI is InChI=1S/C20H18N2O6S/c23-18(21-9-12-5-6-14-15(7-12)28-11-27-14)10-26-19(24)8-17-20(25)22-13-3-1-2-4-16(13)29-17/h1-7,17H,8-11H2,(H,21,23)(H,22,25)/t17-/m0/s1. The summed E-state index contributed by atoms with van der Waals surface area (Å²) in [7, 11) is 0. The Kier molecular flexibility index (Phi) is 5.57. The maximum atomic E-state index is 12.1. The molecule has 0 fully saturated rings. The highest BCUT2D eigenvalue weighted by molar-refractivity contribution is 8.01. The Balaban J connectivity index is 1.21. The lowest BCUT2D eigenvalue weighted by Gasteiger charge is -2.23. The number of hydrogen-bond donors (Lipinski definition) is 2. The number of benzene rings is 2. The van der Waals surface area contributed by atoms with Crippen LogP contribution in [0.25, 0.3) is 0 Å². The van der Waals surface area contributed by atoms with Crippen LogP contribution in [0.2, 0.25) is 0 Å². The number of carbonyl (C=O) groups excluding carboxylic acids is 3. The van der Waals surface area contributed by atoms with E-state index in [1.165, 1.54) is 11.8 Å². The van der Waals surface area contributed by atoms with Crippen LogP contribution in [0, 0.1) is 0 Å². The maximum Gasteiger partial charge on any atom is 0.307 e. The molecule has 1 atom stereocenters. The van der Waals surface area contributed by atoms with Gasteiger partial charge >= 0.3 is 5.97 Å². The molecular weight excluding hydrogens is 396 g/mol. The highest BCUT2D eigenvalue weighted by Crippen LogP contribution is 2.36. The van der Waals surface area contributed by atoms with E-state index < -0.39 is 23.7 Å². The molecule has 0 aromatic heterocycles. The van der Waals surface area contributed by atoms with Gasteiger partial charge in [-0.2, -0.15) is 0 Å². The third-order valence-corrected chi connectivity index (χ3v) is 5.62. The van der Waals surface area contributed by atoms with Crippen molar-refractivity contribution >= 4 is 35.2 Å². The average Bonchev–Trinajstić information content (AvgIpc) is 3.19. The van der Waals surface area contributed by atoms with Crippen LogP contribution in [-0.2, 0) is 25.7 Å². The van der Waals surface area contributed by atoms with Crippen LogP contribution in [0.4, 0.5) is 5.69 Å². The van der Waals surface area contributed by atoms with E-state index in [2.05, 4.69) is 10.6 Å². The molecule has 0 radical (unpaired) electrons. The van der Waals surface area contributed by atoms with Gasteiger partial charge in [-0.05, 0) is 29.8 Å². The minimum atomic E-state index is -0.602. The van der Waals surface area contributed by atoms with E-state index >= 15 is 0 Å². The highest BCUT2D eigenvalue weighted by Gasteiger charge is 2.29. The zero-order chi connectivity index (χ0) is 20.2. The molecule has 29 heavy (non-hydrogen) atoms. The van der Waals surface area contributed by atoms with E-state index in [1.807, 2.05) is 24.3 Å². The van der Waals surface area contributed by atoms with Crippen molar-refractivity contribution in [1.29, 1.82) is 0 Å². The van der Waals surface area contributed by atoms with Gasteiger partial charge in [-0.3, -0.25) is 14.4 Å². The SMILES string of the molecule is O=C(COC(=O)C[C@@H]1Sc2ccccc2NC1=O)NCc1ccc2c(c1)OCO2. The van der Waals surface area contributed by atoms with Crippen molar-refractivity contribution in [2.75, 3.05) is 18.7 Å². The van der Waals surface area contributed by atoms with E-state index in [0.717, 1.165) is 16.1 Å². The number of anilines is 1. The summed E-state index contributed by atoms with van der Waals surface area (Å²) >= 11 is 1.31. The third-order valence-electron chi connectivity index (χ3n) is 4.35. The van der Waals surface area contributed by atoms with Crippen LogP contribution in [0.5, 0.6) is 11.5 Å². The predicted octanol–water partition coefficient (Wildman–Crippen LogP) is 2.08. The average molecular weight is 414 g/mol. The third kappa shape index (κ3) is 4.62. The number of thioether (sulfide) groups is 1. The Bertz CT molecular complexity index is 964. The van der Waals surface area contributed by atoms with Gasteiger partial charge in [0.15, 0.2) is 18.1 Å². The van der Waals surface area contributed by atoms with E-state index in [0.29, 0.717) is 11.5 Å². The zero-order valence-corrected chi connectivity index (χ0v) is 16.1. The number of amides is 2. The molecule has 0 spiro atoms. The number of para-hydroxylation sites is 1. The first kappa shape index (κ1) is 19.1. The van der Waals surface area contributed by atoms with Crippen LogP contribution in [0.3, 0.4) is 0 Å². The van der Waals surface area contributed by atoms with Gasteiger partial charge in [0.1, 0.15) is 0 Å². The molecule has 150 valence electrons. The second kappa shape index (κ2) is 8.44. The minimum Gasteiger partial charge on any atom is -0.456 e. The molecule has 2 heterocycles. The Hall–Kier alpha value is -3.20. The summed E-state index contributed by atoms with van der Waals surface area (Å²) in [6.07, 6.45) is -0.111. The fourth-order valence-electron chi connectivity index (χ4n) is 2.89. The predicted molar refractivity (Wildman–Crippen MR) is 105 cm³/mol. The number of rotatable bonds is 6. The molecule has 0 saturated carbocycles. The second-order valence-corrected chi connectivity index (χ2v) is 7.67. The largest absolute Gasteiger partial charge is 0.456 e. The molecule has 2 aliphatic heterocycles. The number of carbonyl (C=O) groups is 3. The van der Waals surface area contributed by atoms with E-state index in [4.69, 9.17) is 14.2 Å². The summed E-state index contributed by atoms with van der Waals surface area (Å²) in [5.74, 6) is 0.0181. The molecular formula is C20H18N2O6S. The number of fused-ring (bicyclic) bond motifs is 2. The smallest absolute Gasteiger partial charge is 0.307 e. The van der Waals surface area contributed by atoms with Gasteiger partial charge in [-0.25, -0.2) is 0 Å². The molecule has 0 unspecified atom stereocenters. The molecule has 2 aromatic rings. The van der Waals surface area contributed by atoms with Gasteiger partial charge in [-0.15, -0.1) is 11.8 Å². The van der Waals surface area contributed by atoms with Crippen LogP contribution in [-0.4, -0.2) is 36.4 Å². The zero-order valence-electron chi connectivity index (χ0n) is 15.3. The van der Waals surface area contributed by atoms with Crippen LogP contribution in [0.15, 0.2) is 47.4 Å². The second-order valence-electron chi connectivity index (χ2n) is 6.42. The fourth-order valence-corrected chi connectivity index (χ4v) is 3.98. The molecule has 2 aliphatic rings. The number of ether oxygens (including phenoxy) is 3. The Morgan fingerprint density at radius 3 is 2.90 bits per heavy atom. The van der Waals surface area contributed by atoms with E-state index in [1.54, 1.807) is 18.2 Å². The molecule has 4 rings (SSSR count). The van der Waals surface area contributed by atoms with Crippen molar-refractivity contribution in [3.63, 3.8) is 0 Å². The normalized spacial score (nSPS) is 16.6. The van der Waals surface area contributed by atoms with Crippen LogP contribution >= 0.6 is 11.8 Å². The molecule has 0 aliphatic carbocycles. The summed E-state index contributed by atoms with van der Waals surface area (Å²) in [6.45, 7) is 0.0493. The Morgan fingerprint density at radius 1 is 1.17 bits per heavy atom. The molecule has 2 aromatic carbocycles. The van der Waals surface area contributed by atoms with E-state index in [9.17, 15) is 14.4 Å². The number of esters is 1. The van der Waals surface area contributed by atoms with E-state index in [-0.39, 0.29) is 25.7 Å². The van der Waals surface area contributed by atoms with Crippen LogP contribution in [0.1, 0.15) is 12.0 Å². The van der Waals surface area contributed by atoms with Gasteiger partial charge in [-0.1, -0.05) is 18.2 Å². The molecule has 9 heteroatoms. The van der Waals surface area contributed by atoms with Gasteiger partial charge in [0.2, 0.25) is 12.7 Å². The summed E-state index contributed by atoms with van der Waals surface area (Å²) in [4.78, 5) is 37.0. The van der Waals surface area contributed by atoms with Gasteiger partial charge in [0.05, 0.1) is 17.4 Å². The Labute approximate surface area is 170 Å². The molecule has 0 saturated heterocycles. The first-order valence-electron chi connectivity index (χ1n) is 8.96. The van der Waals surface area contributed by atoms with Crippen molar-refractivity contribution in [1.82, 2.24) is 5.32 Å². The lowest BCUT2D eigenvalue weighted by molar-refractivity contribution is -0.149. The number of hydrogen-bond acceptors (Lipinski definition) is 7. The van der Waals surface area contributed by atoms with Crippen molar-refractivity contribution in [3.8, 4) is 11.5 Å². The topological polar surface area (TPSA) is 103 Å². The first-order chi connectivity index (χ1) is 14.1. The summed E-state index contributed by atoms with van der Waals surface area (Å²) < 4.78 is 15.5. The van der Waals surface area contributed by atoms with Gasteiger partial charge in [0.25, 0.3) is 5.91 Å². The molecule has 2 N–H and O–H groups in total. The molecule has 0 bridgehead atoms. The quantitative estimate of drug-likeness (QED) is 0.698. The number of nitrogens with one attached hydrogen (secondary N) is 2. The van der Waals surface area contributed by atoms with Crippen LogP contribution < -0.4 is 20.1 Å². The highest BCUT2D eigenvalue weighted by atomic mass is 32.2. The maximum absolute atomic E-state index is 12.1. The molecule has 2 amide bonds. The van der Waals surface area contributed by atoms with Crippen molar-refractivity contribution in [3.05, 3.63) is 48.0 Å². The minimum absolute atomic E-state index is 0.111. The van der Waals surface area contributed by atoms with Crippen molar-refractivity contribution in [2.24, 2.45) is 0 Å². The monoisotopic (exact) mass is 414 g/mol. The summed E-state index contributed by atoms with van der Waals surface area (Å²) in [5.41, 5.74) is 1.57. The lowest BCUT2D eigenvalue weighted by atomic mass is 10.2. The summed E-state index contributed by atoms with van der Waals surface area (Å²) in [6, 6.07) is 12.7. The first-order valence-corrected chi connectivity index (χ1v) is 9.84. The van der Waals surface area contributed by atoms with Gasteiger partial charge < -0.3 is 24.8 Å². The van der Waals surface area contributed by atoms with Gasteiger partial charge in [0, 0.05) is 11.4 Å². The Morgan fingerprint density at radius 2 is 2.00 bits per heavy atom. The lowest BCUT2D eigenvalue weighted by Crippen LogP contribution is -2.33.